The third-order valence-electron chi connectivity index (χ3n) is 3.68. The molecule has 1 saturated heterocycles. The predicted molar refractivity (Wildman–Crippen MR) is 96.7 cm³/mol. The zero-order chi connectivity index (χ0) is 16.4. The molecule has 0 saturated carbocycles. The summed E-state index contributed by atoms with van der Waals surface area (Å²) in [6, 6.07) is 12.7. The molecular weight excluding hydrogens is 401 g/mol. The summed E-state index contributed by atoms with van der Waals surface area (Å²) in [6.45, 7) is 0. The quantitative estimate of drug-likeness (QED) is 0.701. The molecule has 7 heteroatoms. The Labute approximate surface area is 152 Å². The van der Waals surface area contributed by atoms with Gasteiger partial charge in [0.15, 0.2) is 0 Å². The van der Waals surface area contributed by atoms with Crippen LogP contribution in [0.2, 0.25) is 10.0 Å². The fourth-order valence-corrected chi connectivity index (χ4v) is 3.06. The number of anilines is 1. The average Bonchev–Trinajstić information content (AvgIpc) is 3.02. The summed E-state index contributed by atoms with van der Waals surface area (Å²) in [4.78, 5) is 12.4. The summed E-state index contributed by atoms with van der Waals surface area (Å²) in [7, 11) is 0. The number of rotatable bonds is 3. The van der Waals surface area contributed by atoms with Gasteiger partial charge in [-0.3, -0.25) is 4.79 Å². The molecule has 1 aliphatic heterocycles. The minimum atomic E-state index is -0.348. The van der Waals surface area contributed by atoms with E-state index >= 15 is 0 Å². The van der Waals surface area contributed by atoms with Crippen molar-refractivity contribution in [2.45, 2.75) is 18.5 Å². The highest BCUT2D eigenvalue weighted by Crippen LogP contribution is 2.27. The van der Waals surface area contributed by atoms with Crippen molar-refractivity contribution < 1.29 is 4.79 Å². The molecule has 1 amide bonds. The zero-order valence-electron chi connectivity index (χ0n) is 11.9. The summed E-state index contributed by atoms with van der Waals surface area (Å²) in [6.07, 6.45) is 0.644. The molecule has 3 N–H and O–H groups in total. The molecule has 0 radical (unpaired) electrons. The summed E-state index contributed by atoms with van der Waals surface area (Å²) >= 11 is 15.4. The lowest BCUT2D eigenvalue weighted by molar-refractivity contribution is -0.117. The normalized spacial score (nSPS) is 20.5. The molecule has 0 aromatic heterocycles. The second-order valence-electron chi connectivity index (χ2n) is 5.29. The van der Waals surface area contributed by atoms with Crippen LogP contribution in [0.5, 0.6) is 0 Å². The summed E-state index contributed by atoms with van der Waals surface area (Å²) in [5.74, 6) is -0.152. The van der Waals surface area contributed by atoms with Crippen molar-refractivity contribution in [3.63, 3.8) is 0 Å². The number of benzene rings is 2. The van der Waals surface area contributed by atoms with Crippen molar-refractivity contribution in [3.05, 3.63) is 62.5 Å². The van der Waals surface area contributed by atoms with Gasteiger partial charge in [0, 0.05) is 15.5 Å². The van der Waals surface area contributed by atoms with Crippen molar-refractivity contribution in [2.75, 3.05) is 5.32 Å². The maximum atomic E-state index is 12.4. The number of hydrogen-bond donors (Lipinski definition) is 3. The van der Waals surface area contributed by atoms with Crippen molar-refractivity contribution in [3.8, 4) is 0 Å². The van der Waals surface area contributed by atoms with E-state index < -0.39 is 0 Å². The van der Waals surface area contributed by atoms with Gasteiger partial charge in [0.1, 0.15) is 6.04 Å². The van der Waals surface area contributed by atoms with Crippen LogP contribution in [0, 0.1) is 0 Å². The number of amides is 1. The molecule has 0 spiro atoms. The van der Waals surface area contributed by atoms with Crippen LogP contribution in [0.25, 0.3) is 0 Å². The van der Waals surface area contributed by atoms with Crippen molar-refractivity contribution in [1.82, 2.24) is 10.9 Å². The molecule has 3 rings (SSSR count). The topological polar surface area (TPSA) is 53.2 Å². The fraction of sp³-hybridized carbons (Fsp3) is 0.188. The van der Waals surface area contributed by atoms with Crippen LogP contribution >= 0.6 is 39.1 Å². The largest absolute Gasteiger partial charge is 0.323 e. The molecule has 120 valence electrons. The first-order valence-corrected chi connectivity index (χ1v) is 8.60. The van der Waals surface area contributed by atoms with Crippen LogP contribution in [0.3, 0.4) is 0 Å². The van der Waals surface area contributed by atoms with E-state index in [2.05, 4.69) is 32.1 Å². The lowest BCUT2D eigenvalue weighted by Gasteiger charge is -2.12. The Balaban J connectivity index is 1.65. The SMILES string of the molecule is O=C(Nc1cc(Cl)ccc1Cl)C1CC(c2ccc(Br)cc2)NN1. The molecule has 23 heavy (non-hydrogen) atoms. The highest BCUT2D eigenvalue weighted by Gasteiger charge is 2.30. The van der Waals surface area contributed by atoms with Gasteiger partial charge in [-0.25, -0.2) is 10.9 Å². The van der Waals surface area contributed by atoms with Crippen LogP contribution in [-0.4, -0.2) is 11.9 Å². The van der Waals surface area contributed by atoms with Crippen molar-refractivity contribution in [1.29, 1.82) is 0 Å². The van der Waals surface area contributed by atoms with Crippen LogP contribution in [-0.2, 0) is 4.79 Å². The van der Waals surface area contributed by atoms with E-state index in [0.717, 1.165) is 10.0 Å². The second kappa shape index (κ2) is 7.20. The van der Waals surface area contributed by atoms with Crippen molar-refractivity contribution in [2.24, 2.45) is 0 Å². The Bertz CT molecular complexity index is 724. The number of hydrazine groups is 1. The van der Waals surface area contributed by atoms with E-state index in [1.165, 1.54) is 0 Å². The Morgan fingerprint density at radius 2 is 1.87 bits per heavy atom. The number of hydrogen-bond acceptors (Lipinski definition) is 3. The van der Waals surface area contributed by atoms with E-state index in [4.69, 9.17) is 23.2 Å². The molecule has 2 atom stereocenters. The van der Waals surface area contributed by atoms with Gasteiger partial charge in [-0.05, 0) is 42.3 Å². The first kappa shape index (κ1) is 16.7. The number of carbonyl (C=O) groups excluding carboxylic acids is 1. The monoisotopic (exact) mass is 413 g/mol. The Hall–Kier alpha value is -1.11. The standard InChI is InChI=1S/C16H14BrCl2N3O/c17-10-3-1-9(2-4-10)13-8-15(22-21-13)16(23)20-14-7-11(18)5-6-12(14)19/h1-7,13,15,21-22H,8H2,(H,20,23). The zero-order valence-corrected chi connectivity index (χ0v) is 15.0. The van der Waals surface area contributed by atoms with Crippen LogP contribution < -0.4 is 16.2 Å². The molecule has 2 aromatic carbocycles. The van der Waals surface area contributed by atoms with Crippen LogP contribution in [0.1, 0.15) is 18.0 Å². The Morgan fingerprint density at radius 1 is 1.13 bits per heavy atom. The molecule has 0 bridgehead atoms. The highest BCUT2D eigenvalue weighted by atomic mass is 79.9. The molecule has 2 unspecified atom stereocenters. The first-order chi connectivity index (χ1) is 11.0. The molecule has 1 aliphatic rings. The second-order valence-corrected chi connectivity index (χ2v) is 7.05. The van der Waals surface area contributed by atoms with E-state index in [9.17, 15) is 4.79 Å². The van der Waals surface area contributed by atoms with Crippen molar-refractivity contribution >= 4 is 50.7 Å². The van der Waals surface area contributed by atoms with Gasteiger partial charge in [0.05, 0.1) is 10.7 Å². The molecule has 2 aromatic rings. The highest BCUT2D eigenvalue weighted by molar-refractivity contribution is 9.10. The summed E-state index contributed by atoms with van der Waals surface area (Å²) in [5.41, 5.74) is 7.81. The Morgan fingerprint density at radius 3 is 2.61 bits per heavy atom. The third-order valence-corrected chi connectivity index (χ3v) is 4.77. The average molecular weight is 415 g/mol. The van der Waals surface area contributed by atoms with Gasteiger partial charge in [-0.1, -0.05) is 51.3 Å². The maximum absolute atomic E-state index is 12.4. The maximum Gasteiger partial charge on any atom is 0.242 e. The summed E-state index contributed by atoms with van der Waals surface area (Å²) in [5, 5.41) is 3.79. The smallest absolute Gasteiger partial charge is 0.242 e. The minimum Gasteiger partial charge on any atom is -0.323 e. The Kier molecular flexibility index (Phi) is 5.24. The van der Waals surface area contributed by atoms with E-state index in [1.54, 1.807) is 18.2 Å². The third kappa shape index (κ3) is 4.05. The van der Waals surface area contributed by atoms with Gasteiger partial charge < -0.3 is 5.32 Å². The fourth-order valence-electron chi connectivity index (χ4n) is 2.45. The lowest BCUT2D eigenvalue weighted by atomic mass is 10.0. The lowest BCUT2D eigenvalue weighted by Crippen LogP contribution is -2.39. The van der Waals surface area contributed by atoms with Gasteiger partial charge >= 0.3 is 0 Å². The van der Waals surface area contributed by atoms with Crippen LogP contribution in [0.4, 0.5) is 5.69 Å². The van der Waals surface area contributed by atoms with E-state index in [0.29, 0.717) is 22.2 Å². The van der Waals surface area contributed by atoms with E-state index in [1.807, 2.05) is 24.3 Å². The molecular formula is C16H14BrCl2N3O. The number of carbonyl (C=O) groups is 1. The number of halogens is 3. The van der Waals surface area contributed by atoms with Gasteiger partial charge in [-0.15, -0.1) is 0 Å². The van der Waals surface area contributed by atoms with Gasteiger partial charge in [-0.2, -0.15) is 0 Å². The van der Waals surface area contributed by atoms with Gasteiger partial charge in [0.25, 0.3) is 0 Å². The minimum absolute atomic E-state index is 0.0775. The molecule has 0 aliphatic carbocycles. The predicted octanol–water partition coefficient (Wildman–Crippen LogP) is 4.30. The van der Waals surface area contributed by atoms with E-state index in [-0.39, 0.29) is 18.0 Å². The van der Waals surface area contributed by atoms with Gasteiger partial charge in [0.2, 0.25) is 5.91 Å². The van der Waals surface area contributed by atoms with Crippen LogP contribution in [0.15, 0.2) is 46.9 Å². The molecule has 1 fully saturated rings. The molecule has 4 nitrogen and oxygen atoms in total. The number of nitrogens with one attached hydrogen (secondary N) is 3. The first-order valence-electron chi connectivity index (χ1n) is 7.05. The summed E-state index contributed by atoms with van der Waals surface area (Å²) < 4.78 is 1.03. The molecule has 1 heterocycles.